The Morgan fingerprint density at radius 1 is 1.19 bits per heavy atom. The monoisotopic (exact) mass is 288 g/mol. The lowest BCUT2D eigenvalue weighted by Gasteiger charge is -2.43. The summed E-state index contributed by atoms with van der Waals surface area (Å²) in [6.45, 7) is 14.9. The SMILES string of the molecule is CCNC1CCN(Cc2ccc(C(C)C)cc2)C(C)C1C. The van der Waals surface area contributed by atoms with Gasteiger partial charge in [0.15, 0.2) is 0 Å². The maximum Gasteiger partial charge on any atom is 0.0236 e. The second kappa shape index (κ2) is 7.42. The minimum Gasteiger partial charge on any atom is -0.314 e. The predicted molar refractivity (Wildman–Crippen MR) is 91.6 cm³/mol. The smallest absolute Gasteiger partial charge is 0.0236 e. The fraction of sp³-hybridized carbons (Fsp3) is 0.684. The van der Waals surface area contributed by atoms with Gasteiger partial charge >= 0.3 is 0 Å². The summed E-state index contributed by atoms with van der Waals surface area (Å²) in [7, 11) is 0. The molecule has 1 saturated heterocycles. The van der Waals surface area contributed by atoms with Crippen LogP contribution in [0.1, 0.15) is 58.1 Å². The second-order valence-corrected chi connectivity index (χ2v) is 6.92. The zero-order valence-corrected chi connectivity index (χ0v) is 14.4. The van der Waals surface area contributed by atoms with Crippen LogP contribution in [0.3, 0.4) is 0 Å². The van der Waals surface area contributed by atoms with Crippen molar-refractivity contribution in [2.24, 2.45) is 5.92 Å². The Balaban J connectivity index is 1.97. The summed E-state index contributed by atoms with van der Waals surface area (Å²) in [6.07, 6.45) is 1.27. The minimum atomic E-state index is 0.619. The van der Waals surface area contributed by atoms with Crippen molar-refractivity contribution in [3.63, 3.8) is 0 Å². The third-order valence-electron chi connectivity index (χ3n) is 5.20. The third-order valence-corrected chi connectivity index (χ3v) is 5.20. The van der Waals surface area contributed by atoms with Gasteiger partial charge in [-0.2, -0.15) is 0 Å². The zero-order chi connectivity index (χ0) is 15.4. The van der Waals surface area contributed by atoms with Crippen LogP contribution >= 0.6 is 0 Å². The summed E-state index contributed by atoms with van der Waals surface area (Å²) >= 11 is 0. The van der Waals surface area contributed by atoms with Crippen molar-refractivity contribution in [1.82, 2.24) is 10.2 Å². The fourth-order valence-electron chi connectivity index (χ4n) is 3.46. The molecule has 3 unspecified atom stereocenters. The van der Waals surface area contributed by atoms with Crippen molar-refractivity contribution >= 4 is 0 Å². The van der Waals surface area contributed by atoms with E-state index in [-0.39, 0.29) is 0 Å². The van der Waals surface area contributed by atoms with E-state index in [0.717, 1.165) is 13.1 Å². The quantitative estimate of drug-likeness (QED) is 0.880. The molecule has 1 N–H and O–H groups in total. The lowest BCUT2D eigenvalue weighted by atomic mass is 9.86. The van der Waals surface area contributed by atoms with Gasteiger partial charge in [-0.1, -0.05) is 52.0 Å². The molecule has 118 valence electrons. The minimum absolute atomic E-state index is 0.619. The number of benzene rings is 1. The van der Waals surface area contributed by atoms with Crippen molar-refractivity contribution in [3.8, 4) is 0 Å². The molecule has 0 aliphatic carbocycles. The molecule has 3 atom stereocenters. The molecule has 2 heteroatoms. The van der Waals surface area contributed by atoms with Crippen LogP contribution in [-0.2, 0) is 6.54 Å². The number of likely N-dealkylation sites (tertiary alicyclic amines) is 1. The van der Waals surface area contributed by atoms with Gasteiger partial charge in [-0.05, 0) is 42.9 Å². The molecule has 1 fully saturated rings. The van der Waals surface area contributed by atoms with E-state index in [9.17, 15) is 0 Å². The van der Waals surface area contributed by atoms with Crippen LogP contribution in [0, 0.1) is 5.92 Å². The average Bonchev–Trinajstić information content (AvgIpc) is 2.47. The molecule has 0 bridgehead atoms. The van der Waals surface area contributed by atoms with Gasteiger partial charge in [0.1, 0.15) is 0 Å². The largest absolute Gasteiger partial charge is 0.314 e. The van der Waals surface area contributed by atoms with E-state index < -0.39 is 0 Å². The number of hydrogen-bond acceptors (Lipinski definition) is 2. The Morgan fingerprint density at radius 3 is 2.43 bits per heavy atom. The zero-order valence-electron chi connectivity index (χ0n) is 14.4. The first-order chi connectivity index (χ1) is 10.0. The summed E-state index contributed by atoms with van der Waals surface area (Å²) in [5, 5.41) is 3.64. The van der Waals surface area contributed by atoms with Crippen LogP contribution in [0.4, 0.5) is 0 Å². The van der Waals surface area contributed by atoms with Crippen molar-refractivity contribution in [1.29, 1.82) is 0 Å². The topological polar surface area (TPSA) is 15.3 Å². The van der Waals surface area contributed by atoms with Gasteiger partial charge in [0.25, 0.3) is 0 Å². The second-order valence-electron chi connectivity index (χ2n) is 6.92. The van der Waals surface area contributed by atoms with Gasteiger partial charge in [-0.25, -0.2) is 0 Å². The van der Waals surface area contributed by atoms with Crippen molar-refractivity contribution in [2.75, 3.05) is 13.1 Å². The molecule has 1 aromatic rings. The standard InChI is InChI=1S/C19H32N2/c1-6-20-19-11-12-21(16(5)15(19)4)13-17-7-9-18(10-8-17)14(2)3/h7-10,14-16,19-20H,6,11-13H2,1-5H3. The highest BCUT2D eigenvalue weighted by Crippen LogP contribution is 2.25. The molecule has 0 radical (unpaired) electrons. The van der Waals surface area contributed by atoms with Crippen LogP contribution in [0.15, 0.2) is 24.3 Å². The maximum absolute atomic E-state index is 3.64. The first kappa shape index (κ1) is 16.5. The van der Waals surface area contributed by atoms with E-state index in [1.54, 1.807) is 0 Å². The summed E-state index contributed by atoms with van der Waals surface area (Å²) in [5.41, 5.74) is 2.88. The third kappa shape index (κ3) is 4.08. The lowest BCUT2D eigenvalue weighted by molar-refractivity contribution is 0.0790. The summed E-state index contributed by atoms with van der Waals surface area (Å²) in [5.74, 6) is 1.34. The molecular weight excluding hydrogens is 256 g/mol. The van der Waals surface area contributed by atoms with Crippen molar-refractivity contribution in [2.45, 2.75) is 65.6 Å². The van der Waals surface area contributed by atoms with Crippen molar-refractivity contribution in [3.05, 3.63) is 35.4 Å². The van der Waals surface area contributed by atoms with Crippen LogP contribution in [-0.4, -0.2) is 30.1 Å². The van der Waals surface area contributed by atoms with Crippen LogP contribution in [0.5, 0.6) is 0 Å². The first-order valence-electron chi connectivity index (χ1n) is 8.59. The molecule has 1 aliphatic rings. The van der Waals surface area contributed by atoms with Crippen LogP contribution < -0.4 is 5.32 Å². The van der Waals surface area contributed by atoms with Gasteiger partial charge in [-0.3, -0.25) is 4.90 Å². The number of nitrogens with zero attached hydrogens (tertiary/aromatic N) is 1. The Labute approximate surface area is 130 Å². The molecule has 21 heavy (non-hydrogen) atoms. The molecule has 0 saturated carbocycles. The summed E-state index contributed by atoms with van der Waals surface area (Å²) in [4.78, 5) is 2.64. The van der Waals surface area contributed by atoms with Crippen molar-refractivity contribution < 1.29 is 0 Å². The molecule has 0 amide bonds. The van der Waals surface area contributed by atoms with Gasteiger partial charge in [0, 0.05) is 25.2 Å². The van der Waals surface area contributed by atoms with E-state index in [1.165, 1.54) is 24.1 Å². The average molecular weight is 288 g/mol. The molecule has 1 aromatic carbocycles. The number of piperidine rings is 1. The lowest BCUT2D eigenvalue weighted by Crippen LogP contribution is -2.52. The predicted octanol–water partition coefficient (Wildman–Crippen LogP) is 4.02. The number of hydrogen-bond donors (Lipinski definition) is 1. The first-order valence-corrected chi connectivity index (χ1v) is 8.59. The maximum atomic E-state index is 3.64. The molecule has 2 rings (SSSR count). The van der Waals surface area contributed by atoms with Gasteiger partial charge < -0.3 is 5.32 Å². The van der Waals surface area contributed by atoms with E-state index in [0.29, 0.717) is 23.9 Å². The molecule has 0 aromatic heterocycles. The Kier molecular flexibility index (Phi) is 5.83. The molecule has 1 heterocycles. The Hall–Kier alpha value is -0.860. The van der Waals surface area contributed by atoms with E-state index >= 15 is 0 Å². The Morgan fingerprint density at radius 2 is 1.86 bits per heavy atom. The van der Waals surface area contributed by atoms with Gasteiger partial charge in [0.2, 0.25) is 0 Å². The summed E-state index contributed by atoms with van der Waals surface area (Å²) < 4.78 is 0. The summed E-state index contributed by atoms with van der Waals surface area (Å²) in [6, 6.07) is 10.5. The Bertz CT molecular complexity index is 424. The molecular formula is C19H32N2. The fourth-order valence-corrected chi connectivity index (χ4v) is 3.46. The van der Waals surface area contributed by atoms with E-state index in [1.807, 2.05) is 0 Å². The van der Waals surface area contributed by atoms with Gasteiger partial charge in [0.05, 0.1) is 0 Å². The van der Waals surface area contributed by atoms with E-state index in [2.05, 4.69) is 69.1 Å². The number of rotatable bonds is 5. The van der Waals surface area contributed by atoms with Gasteiger partial charge in [-0.15, -0.1) is 0 Å². The highest BCUT2D eigenvalue weighted by atomic mass is 15.2. The number of nitrogens with one attached hydrogen (secondary N) is 1. The van der Waals surface area contributed by atoms with E-state index in [4.69, 9.17) is 0 Å². The molecule has 0 spiro atoms. The molecule has 2 nitrogen and oxygen atoms in total. The van der Waals surface area contributed by atoms with Crippen LogP contribution in [0.2, 0.25) is 0 Å². The highest BCUT2D eigenvalue weighted by Gasteiger charge is 2.31. The van der Waals surface area contributed by atoms with Crippen LogP contribution in [0.25, 0.3) is 0 Å². The normalized spacial score (nSPS) is 27.2. The highest BCUT2D eigenvalue weighted by molar-refractivity contribution is 5.24. The molecule has 1 aliphatic heterocycles.